The van der Waals surface area contributed by atoms with Crippen LogP contribution in [-0.4, -0.2) is 24.5 Å². The molecule has 2 aliphatic rings. The molecule has 2 atom stereocenters. The summed E-state index contributed by atoms with van der Waals surface area (Å²) in [4.78, 5) is 11.4. The van der Waals surface area contributed by atoms with Crippen molar-refractivity contribution in [2.45, 2.75) is 25.7 Å². The van der Waals surface area contributed by atoms with Crippen LogP contribution in [0.3, 0.4) is 0 Å². The molecule has 2 aliphatic carbocycles. The van der Waals surface area contributed by atoms with Crippen molar-refractivity contribution in [3.05, 3.63) is 0 Å². The first-order chi connectivity index (χ1) is 5.91. The summed E-state index contributed by atoms with van der Waals surface area (Å²) in [5.74, 6) is -0.146. The highest BCUT2D eigenvalue weighted by molar-refractivity contribution is 7.85. The minimum absolute atomic E-state index is 0.0109. The largest absolute Gasteiger partial charge is 0.748 e. The van der Waals surface area contributed by atoms with Crippen LogP contribution in [0, 0.1) is 11.3 Å². The number of hydrogen-bond donors (Lipinski definition) is 0. The fraction of sp³-hybridized carbons (Fsp3) is 0.875. The number of carbonyl (C=O) groups excluding carboxylic acids is 1. The highest BCUT2D eigenvalue weighted by Crippen LogP contribution is 2.52. The molecule has 0 aromatic rings. The van der Waals surface area contributed by atoms with Crippen LogP contribution in [0.1, 0.15) is 25.7 Å². The first kappa shape index (κ1) is 9.15. The van der Waals surface area contributed by atoms with Crippen LogP contribution in [0.2, 0.25) is 0 Å². The Morgan fingerprint density at radius 1 is 1.54 bits per heavy atom. The van der Waals surface area contributed by atoms with Crippen LogP contribution in [-0.2, 0) is 14.9 Å². The summed E-state index contributed by atoms with van der Waals surface area (Å²) in [6.07, 6.45) is 2.60. The smallest absolute Gasteiger partial charge is 0.140 e. The number of ketones is 1. The van der Waals surface area contributed by atoms with Crippen LogP contribution in [0.25, 0.3) is 0 Å². The van der Waals surface area contributed by atoms with Gasteiger partial charge in [-0.25, -0.2) is 8.42 Å². The van der Waals surface area contributed by atoms with Gasteiger partial charge in [-0.3, -0.25) is 4.79 Å². The lowest BCUT2D eigenvalue weighted by molar-refractivity contribution is -0.125. The van der Waals surface area contributed by atoms with Gasteiger partial charge in [-0.1, -0.05) is 0 Å². The number of fused-ring (bicyclic) bond motifs is 2. The molecule has 5 heteroatoms. The first-order valence-corrected chi connectivity index (χ1v) is 5.96. The molecule has 2 rings (SSSR count). The Morgan fingerprint density at radius 3 is 2.62 bits per heavy atom. The molecule has 2 unspecified atom stereocenters. The van der Waals surface area contributed by atoms with Gasteiger partial charge in [0.15, 0.2) is 0 Å². The van der Waals surface area contributed by atoms with Gasteiger partial charge in [0.25, 0.3) is 0 Å². The fourth-order valence-corrected chi connectivity index (χ4v) is 3.79. The van der Waals surface area contributed by atoms with E-state index in [0.29, 0.717) is 25.2 Å². The van der Waals surface area contributed by atoms with Crippen molar-refractivity contribution >= 4 is 15.9 Å². The zero-order valence-corrected chi connectivity index (χ0v) is 7.97. The van der Waals surface area contributed by atoms with E-state index >= 15 is 0 Å². The second kappa shape index (κ2) is 2.54. The van der Waals surface area contributed by atoms with E-state index < -0.39 is 21.3 Å². The Bertz CT molecular complexity index is 345. The van der Waals surface area contributed by atoms with E-state index in [4.69, 9.17) is 0 Å². The predicted molar refractivity (Wildman–Crippen MR) is 44.0 cm³/mol. The van der Waals surface area contributed by atoms with Crippen molar-refractivity contribution in [3.63, 3.8) is 0 Å². The highest BCUT2D eigenvalue weighted by atomic mass is 32.2. The van der Waals surface area contributed by atoms with Crippen molar-refractivity contribution in [1.82, 2.24) is 0 Å². The lowest BCUT2D eigenvalue weighted by atomic mass is 9.85. The molecular weight excluding hydrogens is 192 g/mol. The number of rotatable bonds is 2. The fourth-order valence-electron chi connectivity index (χ4n) is 2.69. The maximum Gasteiger partial charge on any atom is 0.140 e. The van der Waals surface area contributed by atoms with Gasteiger partial charge in [0, 0.05) is 11.8 Å². The molecular formula is C8H11O4S-. The normalized spacial score (nSPS) is 38.5. The van der Waals surface area contributed by atoms with E-state index in [1.807, 2.05) is 0 Å². The van der Waals surface area contributed by atoms with Crippen molar-refractivity contribution in [3.8, 4) is 0 Å². The highest BCUT2D eigenvalue weighted by Gasteiger charge is 2.52. The molecule has 0 N–H and O–H groups in total. The van der Waals surface area contributed by atoms with Gasteiger partial charge in [-0.2, -0.15) is 0 Å². The van der Waals surface area contributed by atoms with Crippen molar-refractivity contribution < 1.29 is 17.8 Å². The lowest BCUT2D eigenvalue weighted by Crippen LogP contribution is -2.33. The molecule has 2 bridgehead atoms. The van der Waals surface area contributed by atoms with Gasteiger partial charge in [-0.15, -0.1) is 0 Å². The Morgan fingerprint density at radius 2 is 2.23 bits per heavy atom. The van der Waals surface area contributed by atoms with Gasteiger partial charge in [0.1, 0.15) is 5.78 Å². The lowest BCUT2D eigenvalue weighted by Gasteiger charge is -2.25. The van der Waals surface area contributed by atoms with Crippen LogP contribution in [0.15, 0.2) is 0 Å². The van der Waals surface area contributed by atoms with Gasteiger partial charge in [0.2, 0.25) is 0 Å². The number of Topliss-reactive ketones (excluding diaryl/α,β-unsaturated/α-hetero) is 1. The van der Waals surface area contributed by atoms with E-state index in [-0.39, 0.29) is 5.78 Å². The Hall–Kier alpha value is -0.420. The van der Waals surface area contributed by atoms with Crippen LogP contribution >= 0.6 is 0 Å². The number of carbonyl (C=O) groups is 1. The minimum Gasteiger partial charge on any atom is -0.748 e. The minimum atomic E-state index is -4.26. The summed E-state index contributed by atoms with van der Waals surface area (Å²) < 4.78 is 31.8. The maximum absolute atomic E-state index is 11.4. The van der Waals surface area contributed by atoms with Gasteiger partial charge in [0.05, 0.1) is 15.9 Å². The summed E-state index contributed by atoms with van der Waals surface area (Å²) in [5, 5.41) is 0. The quantitative estimate of drug-likeness (QED) is 0.604. The summed E-state index contributed by atoms with van der Waals surface area (Å²) in [7, 11) is -4.26. The number of hydrogen-bond acceptors (Lipinski definition) is 4. The van der Waals surface area contributed by atoms with E-state index in [9.17, 15) is 17.8 Å². The summed E-state index contributed by atoms with van der Waals surface area (Å²) >= 11 is 0. The summed E-state index contributed by atoms with van der Waals surface area (Å²) in [5.41, 5.74) is -0.786. The third-order valence-corrected chi connectivity index (χ3v) is 4.14. The Balaban J connectivity index is 2.25. The molecule has 0 aromatic carbocycles. The maximum atomic E-state index is 11.4. The average Bonchev–Trinajstić information content (AvgIpc) is 2.39. The molecule has 2 fully saturated rings. The van der Waals surface area contributed by atoms with Crippen molar-refractivity contribution in [1.29, 1.82) is 0 Å². The summed E-state index contributed by atoms with van der Waals surface area (Å²) in [6, 6.07) is 0. The molecule has 4 nitrogen and oxygen atoms in total. The average molecular weight is 203 g/mol. The zero-order chi connectivity index (χ0) is 9.69. The molecule has 74 valence electrons. The second-order valence-electron chi connectivity index (χ2n) is 4.22. The standard InChI is InChI=1S/C8H12O4S/c9-7-3-6-1-2-8(7,4-6)5-13(10,11)12/h6H,1-5H2,(H,10,11,12)/p-1. The van der Waals surface area contributed by atoms with Gasteiger partial charge in [-0.05, 0) is 25.2 Å². The van der Waals surface area contributed by atoms with Crippen LogP contribution in [0.5, 0.6) is 0 Å². The van der Waals surface area contributed by atoms with E-state index in [1.54, 1.807) is 0 Å². The topological polar surface area (TPSA) is 74.3 Å². The van der Waals surface area contributed by atoms with Gasteiger partial charge < -0.3 is 4.55 Å². The predicted octanol–water partition coefficient (Wildman–Crippen LogP) is 0.291. The van der Waals surface area contributed by atoms with E-state index in [1.165, 1.54) is 0 Å². The SMILES string of the molecule is O=C1CC2CCC1(CS(=O)(=O)[O-])C2. The first-order valence-electron chi connectivity index (χ1n) is 4.38. The Labute approximate surface area is 77.1 Å². The van der Waals surface area contributed by atoms with Crippen molar-refractivity contribution in [2.24, 2.45) is 11.3 Å². The zero-order valence-electron chi connectivity index (χ0n) is 7.15. The molecule has 0 heterocycles. The third-order valence-electron chi connectivity index (χ3n) is 3.23. The molecule has 0 radical (unpaired) electrons. The van der Waals surface area contributed by atoms with Gasteiger partial charge >= 0.3 is 0 Å². The monoisotopic (exact) mass is 203 g/mol. The van der Waals surface area contributed by atoms with E-state index in [2.05, 4.69) is 0 Å². The Kier molecular flexibility index (Phi) is 1.79. The molecule has 2 saturated carbocycles. The molecule has 0 amide bonds. The second-order valence-corrected chi connectivity index (χ2v) is 5.62. The molecule has 0 saturated heterocycles. The van der Waals surface area contributed by atoms with Crippen LogP contribution in [0.4, 0.5) is 0 Å². The molecule has 0 aliphatic heterocycles. The summed E-state index contributed by atoms with van der Waals surface area (Å²) in [6.45, 7) is 0. The van der Waals surface area contributed by atoms with E-state index in [0.717, 1.165) is 6.42 Å². The van der Waals surface area contributed by atoms with Crippen molar-refractivity contribution in [2.75, 3.05) is 5.75 Å². The molecule has 0 spiro atoms. The molecule has 13 heavy (non-hydrogen) atoms. The molecule has 0 aromatic heterocycles. The van der Waals surface area contributed by atoms with Crippen LogP contribution < -0.4 is 0 Å². The third kappa shape index (κ3) is 1.50.